The molecule has 24 heavy (non-hydrogen) atoms. The molecule has 3 aliphatic rings. The summed E-state index contributed by atoms with van der Waals surface area (Å²) in [6.07, 6.45) is 6.57. The van der Waals surface area contributed by atoms with Crippen molar-refractivity contribution in [2.45, 2.75) is 50.0 Å². The van der Waals surface area contributed by atoms with Gasteiger partial charge in [-0.2, -0.15) is 0 Å². The van der Waals surface area contributed by atoms with Crippen LogP contribution in [0.4, 0.5) is 0 Å². The molecule has 0 radical (unpaired) electrons. The Kier molecular flexibility index (Phi) is 4.59. The van der Waals surface area contributed by atoms with E-state index >= 15 is 0 Å². The van der Waals surface area contributed by atoms with Crippen molar-refractivity contribution < 1.29 is 9.53 Å². The van der Waals surface area contributed by atoms with E-state index in [9.17, 15) is 4.79 Å². The van der Waals surface area contributed by atoms with Gasteiger partial charge in [-0.1, -0.05) is 24.3 Å². The van der Waals surface area contributed by atoms with Crippen LogP contribution < -0.4 is 5.32 Å². The van der Waals surface area contributed by atoms with E-state index in [-0.39, 0.29) is 11.5 Å². The maximum atomic E-state index is 12.8. The Morgan fingerprint density at radius 2 is 2.17 bits per heavy atom. The quantitative estimate of drug-likeness (QED) is 0.905. The zero-order valence-electron chi connectivity index (χ0n) is 14.4. The molecule has 2 heterocycles. The number of aryl methyl sites for hydroxylation is 1. The fraction of sp³-hybridized carbons (Fsp3) is 0.650. The largest absolute Gasteiger partial charge is 0.378 e. The van der Waals surface area contributed by atoms with E-state index < -0.39 is 0 Å². The van der Waals surface area contributed by atoms with Gasteiger partial charge in [0.05, 0.1) is 13.2 Å². The monoisotopic (exact) mass is 328 g/mol. The topological polar surface area (TPSA) is 41.6 Å². The van der Waals surface area contributed by atoms with Crippen molar-refractivity contribution in [1.82, 2.24) is 10.2 Å². The molecule has 0 saturated carbocycles. The molecular weight excluding hydrogens is 300 g/mol. The van der Waals surface area contributed by atoms with Gasteiger partial charge in [-0.05, 0) is 43.2 Å². The number of hydrogen-bond acceptors (Lipinski definition) is 3. The first-order chi connectivity index (χ1) is 11.8. The highest BCUT2D eigenvalue weighted by molar-refractivity contribution is 5.77. The second kappa shape index (κ2) is 6.85. The number of carbonyl (C=O) groups excluding carboxylic acids is 1. The Morgan fingerprint density at radius 3 is 3.04 bits per heavy atom. The van der Waals surface area contributed by atoms with Crippen LogP contribution in [-0.2, 0) is 21.4 Å². The van der Waals surface area contributed by atoms with Crippen LogP contribution in [0.3, 0.4) is 0 Å². The average molecular weight is 328 g/mol. The van der Waals surface area contributed by atoms with E-state index in [4.69, 9.17) is 4.74 Å². The van der Waals surface area contributed by atoms with Crippen molar-refractivity contribution in [3.8, 4) is 0 Å². The molecule has 1 aliphatic carbocycles. The van der Waals surface area contributed by atoms with Crippen molar-refractivity contribution in [1.29, 1.82) is 0 Å². The number of carbonyl (C=O) groups is 1. The summed E-state index contributed by atoms with van der Waals surface area (Å²) in [7, 11) is 0. The zero-order valence-corrected chi connectivity index (χ0v) is 14.4. The minimum absolute atomic E-state index is 0.183. The van der Waals surface area contributed by atoms with Gasteiger partial charge in [-0.25, -0.2) is 0 Å². The molecule has 4 nitrogen and oxygen atoms in total. The van der Waals surface area contributed by atoms with Crippen LogP contribution >= 0.6 is 0 Å². The molecule has 1 aromatic rings. The van der Waals surface area contributed by atoms with Gasteiger partial charge in [0.25, 0.3) is 0 Å². The molecule has 0 bridgehead atoms. The van der Waals surface area contributed by atoms with Crippen LogP contribution in [0.5, 0.6) is 0 Å². The fourth-order valence-corrected chi connectivity index (χ4v) is 4.87. The van der Waals surface area contributed by atoms with Gasteiger partial charge in [-0.15, -0.1) is 0 Å². The van der Waals surface area contributed by atoms with E-state index in [1.54, 1.807) is 0 Å². The van der Waals surface area contributed by atoms with Gasteiger partial charge >= 0.3 is 0 Å². The minimum atomic E-state index is 0.183. The maximum absolute atomic E-state index is 12.8. The molecule has 1 aromatic carbocycles. The SMILES string of the molecule is O=C(CC1COCCN1)N1CCCC2(CCCc3ccccc32)C1. The number of nitrogens with one attached hydrogen (secondary N) is 1. The molecule has 4 rings (SSSR count). The van der Waals surface area contributed by atoms with Crippen LogP contribution in [0.2, 0.25) is 0 Å². The highest BCUT2D eigenvalue weighted by atomic mass is 16.5. The first-order valence-electron chi connectivity index (χ1n) is 9.44. The third kappa shape index (κ3) is 3.09. The summed E-state index contributed by atoms with van der Waals surface area (Å²) in [6.45, 7) is 4.09. The van der Waals surface area contributed by atoms with Crippen LogP contribution in [0, 0.1) is 0 Å². The van der Waals surface area contributed by atoms with Gasteiger partial charge < -0.3 is 15.0 Å². The zero-order chi connectivity index (χ0) is 16.4. The number of likely N-dealkylation sites (tertiary alicyclic amines) is 1. The molecule has 1 N–H and O–H groups in total. The third-order valence-electron chi connectivity index (χ3n) is 6.04. The van der Waals surface area contributed by atoms with Crippen molar-refractivity contribution in [2.75, 3.05) is 32.8 Å². The highest BCUT2D eigenvalue weighted by Gasteiger charge is 2.41. The summed E-state index contributed by atoms with van der Waals surface area (Å²) < 4.78 is 5.49. The minimum Gasteiger partial charge on any atom is -0.378 e. The van der Waals surface area contributed by atoms with E-state index in [1.807, 2.05) is 0 Å². The molecule has 4 heteroatoms. The molecule has 2 unspecified atom stereocenters. The lowest BCUT2D eigenvalue weighted by Gasteiger charge is -2.46. The first-order valence-corrected chi connectivity index (χ1v) is 9.44. The Labute approximate surface area is 144 Å². The Hall–Kier alpha value is -1.39. The van der Waals surface area contributed by atoms with Gasteiger partial charge in [0, 0.05) is 37.5 Å². The van der Waals surface area contributed by atoms with E-state index in [0.29, 0.717) is 18.9 Å². The van der Waals surface area contributed by atoms with E-state index in [2.05, 4.69) is 34.5 Å². The number of morpholine rings is 1. The summed E-state index contributed by atoms with van der Waals surface area (Å²) in [4.78, 5) is 15.0. The van der Waals surface area contributed by atoms with Crippen molar-refractivity contribution in [2.24, 2.45) is 0 Å². The Balaban J connectivity index is 1.49. The maximum Gasteiger partial charge on any atom is 0.224 e. The van der Waals surface area contributed by atoms with Crippen LogP contribution in [0.1, 0.15) is 43.2 Å². The second-order valence-electron chi connectivity index (χ2n) is 7.64. The van der Waals surface area contributed by atoms with E-state index in [1.165, 1.54) is 36.8 Å². The van der Waals surface area contributed by atoms with Crippen molar-refractivity contribution in [3.63, 3.8) is 0 Å². The number of amides is 1. The first kappa shape index (κ1) is 16.1. The average Bonchev–Trinajstić information content (AvgIpc) is 2.63. The lowest BCUT2D eigenvalue weighted by atomic mass is 9.66. The van der Waals surface area contributed by atoms with E-state index in [0.717, 1.165) is 32.7 Å². The number of nitrogens with zero attached hydrogens (tertiary/aromatic N) is 1. The standard InChI is InChI=1S/C20H28N2O2/c23-19(13-17-14-24-12-10-21-17)22-11-4-9-20(15-22)8-3-6-16-5-1-2-7-18(16)20/h1-2,5,7,17,21H,3-4,6,8-15H2. The van der Waals surface area contributed by atoms with Gasteiger partial charge in [0.15, 0.2) is 0 Å². The number of ether oxygens (including phenoxy) is 1. The van der Waals surface area contributed by atoms with Gasteiger partial charge in [0.1, 0.15) is 0 Å². The third-order valence-corrected chi connectivity index (χ3v) is 6.04. The summed E-state index contributed by atoms with van der Waals surface area (Å²) in [5.41, 5.74) is 3.20. The lowest BCUT2D eigenvalue weighted by Crippen LogP contribution is -2.52. The number of hydrogen-bond donors (Lipinski definition) is 1. The summed E-state index contributed by atoms with van der Waals surface area (Å²) >= 11 is 0. The molecule has 1 amide bonds. The number of fused-ring (bicyclic) bond motifs is 2. The molecule has 0 aromatic heterocycles. The number of piperidine rings is 1. The fourth-order valence-electron chi connectivity index (χ4n) is 4.87. The number of benzene rings is 1. The molecule has 2 saturated heterocycles. The predicted molar refractivity (Wildman–Crippen MR) is 94.1 cm³/mol. The molecule has 130 valence electrons. The predicted octanol–water partition coefficient (Wildman–Crippen LogP) is 2.26. The van der Waals surface area contributed by atoms with Crippen LogP contribution in [0.25, 0.3) is 0 Å². The van der Waals surface area contributed by atoms with Crippen molar-refractivity contribution in [3.05, 3.63) is 35.4 Å². The molecule has 2 aliphatic heterocycles. The van der Waals surface area contributed by atoms with Crippen LogP contribution in [0.15, 0.2) is 24.3 Å². The van der Waals surface area contributed by atoms with Gasteiger partial charge in [-0.3, -0.25) is 4.79 Å². The molecule has 2 atom stereocenters. The number of rotatable bonds is 2. The Bertz CT molecular complexity index is 597. The smallest absolute Gasteiger partial charge is 0.224 e. The molecule has 1 spiro atoms. The molecule has 2 fully saturated rings. The van der Waals surface area contributed by atoms with Crippen LogP contribution in [-0.4, -0.2) is 49.7 Å². The summed E-state index contributed by atoms with van der Waals surface area (Å²) in [6, 6.07) is 9.08. The summed E-state index contributed by atoms with van der Waals surface area (Å²) in [5, 5.41) is 3.40. The second-order valence-corrected chi connectivity index (χ2v) is 7.64. The Morgan fingerprint density at radius 1 is 1.29 bits per heavy atom. The van der Waals surface area contributed by atoms with Crippen molar-refractivity contribution >= 4 is 5.91 Å². The normalized spacial score (nSPS) is 30.2. The highest BCUT2D eigenvalue weighted by Crippen LogP contribution is 2.43. The van der Waals surface area contributed by atoms with Gasteiger partial charge in [0.2, 0.25) is 5.91 Å². The molecular formula is C20H28N2O2. The lowest BCUT2D eigenvalue weighted by molar-refractivity contribution is -0.134. The summed E-state index contributed by atoms with van der Waals surface area (Å²) in [5.74, 6) is 0.292.